The van der Waals surface area contributed by atoms with Crippen LogP contribution in [0.15, 0.2) is 48.5 Å². The van der Waals surface area contributed by atoms with Crippen LogP contribution in [0, 0.1) is 6.92 Å². The van der Waals surface area contributed by atoms with E-state index in [0.717, 1.165) is 5.56 Å². The number of nitrogens with zero attached hydrogens (tertiary/aromatic N) is 1. The molecule has 28 heavy (non-hydrogen) atoms. The second-order valence-corrected chi connectivity index (χ2v) is 6.67. The van der Waals surface area contributed by atoms with E-state index in [4.69, 9.17) is 9.47 Å². The minimum atomic E-state index is -2.32. The van der Waals surface area contributed by atoms with Gasteiger partial charge in [-0.2, -0.15) is 0 Å². The van der Waals surface area contributed by atoms with Gasteiger partial charge in [-0.3, -0.25) is 9.69 Å². The molecule has 0 spiro atoms. The molecular formula is C21H23NO6. The van der Waals surface area contributed by atoms with Gasteiger partial charge < -0.3 is 19.7 Å². The fraction of sp³-hybridized carbons (Fsp3) is 0.333. The lowest BCUT2D eigenvalue weighted by Crippen LogP contribution is -2.75. The maximum absolute atomic E-state index is 12.9. The van der Waals surface area contributed by atoms with Gasteiger partial charge in [0, 0.05) is 5.69 Å². The van der Waals surface area contributed by atoms with Crippen LogP contribution < -0.4 is 9.64 Å². The Morgan fingerprint density at radius 1 is 1.18 bits per heavy atom. The standard InChI is InChI=1S/C21H23NO6/c1-4-28-19(24)18(23)21(26)17(14-7-5-13(2)6-8-14)22(20(21)25)15-9-11-16(27-3)12-10-15/h5-12,17-18,23,26H,4H2,1-3H3/t17-,18-,21-/m0/s1. The smallest absolute Gasteiger partial charge is 0.338 e. The number of rotatable bonds is 6. The van der Waals surface area contributed by atoms with E-state index < -0.39 is 29.6 Å². The van der Waals surface area contributed by atoms with Crippen LogP contribution in [0.3, 0.4) is 0 Å². The fourth-order valence-electron chi connectivity index (χ4n) is 3.39. The number of methoxy groups -OCH3 is 1. The molecule has 2 aromatic rings. The maximum Gasteiger partial charge on any atom is 0.338 e. The van der Waals surface area contributed by atoms with E-state index >= 15 is 0 Å². The van der Waals surface area contributed by atoms with Crippen molar-refractivity contribution >= 4 is 17.6 Å². The number of benzene rings is 2. The molecule has 0 bridgehead atoms. The molecule has 7 heteroatoms. The van der Waals surface area contributed by atoms with Crippen LogP contribution in [0.25, 0.3) is 0 Å². The molecule has 1 saturated heterocycles. The number of aryl methyl sites for hydroxylation is 1. The number of anilines is 1. The zero-order valence-corrected chi connectivity index (χ0v) is 16.0. The topological polar surface area (TPSA) is 96.3 Å². The lowest BCUT2D eigenvalue weighted by Gasteiger charge is -2.54. The van der Waals surface area contributed by atoms with Gasteiger partial charge in [0.25, 0.3) is 5.91 Å². The Morgan fingerprint density at radius 2 is 1.79 bits per heavy atom. The fourth-order valence-corrected chi connectivity index (χ4v) is 3.39. The van der Waals surface area contributed by atoms with E-state index in [0.29, 0.717) is 17.0 Å². The monoisotopic (exact) mass is 385 g/mol. The van der Waals surface area contributed by atoms with Gasteiger partial charge in [0.2, 0.25) is 5.60 Å². The number of ether oxygens (including phenoxy) is 2. The Hall–Kier alpha value is -2.90. The summed E-state index contributed by atoms with van der Waals surface area (Å²) in [5.74, 6) is -1.20. The number of amides is 1. The quantitative estimate of drug-likeness (QED) is 0.581. The second kappa shape index (κ2) is 7.61. The molecule has 0 radical (unpaired) electrons. The van der Waals surface area contributed by atoms with Gasteiger partial charge in [-0.05, 0) is 43.7 Å². The van der Waals surface area contributed by atoms with E-state index in [-0.39, 0.29) is 6.61 Å². The van der Waals surface area contributed by atoms with Crippen molar-refractivity contribution in [1.82, 2.24) is 0 Å². The first kappa shape index (κ1) is 19.9. The van der Waals surface area contributed by atoms with Crippen molar-refractivity contribution in [2.45, 2.75) is 31.6 Å². The largest absolute Gasteiger partial charge is 0.497 e. The van der Waals surface area contributed by atoms with Crippen LogP contribution in [-0.2, 0) is 14.3 Å². The summed E-state index contributed by atoms with van der Waals surface area (Å²) in [5, 5.41) is 21.5. The van der Waals surface area contributed by atoms with Crippen LogP contribution in [0.4, 0.5) is 5.69 Å². The van der Waals surface area contributed by atoms with E-state index in [2.05, 4.69) is 0 Å². The van der Waals surface area contributed by atoms with Gasteiger partial charge in [0.05, 0.1) is 13.7 Å². The molecule has 148 valence electrons. The first-order valence-corrected chi connectivity index (χ1v) is 8.96. The Balaban J connectivity index is 2.03. The molecule has 3 atom stereocenters. The first-order valence-electron chi connectivity index (χ1n) is 8.96. The molecule has 0 aliphatic carbocycles. The van der Waals surface area contributed by atoms with Crippen LogP contribution in [0.1, 0.15) is 24.1 Å². The molecule has 2 aromatic carbocycles. The van der Waals surface area contributed by atoms with Crippen molar-refractivity contribution in [2.75, 3.05) is 18.6 Å². The molecule has 1 amide bonds. The summed E-state index contributed by atoms with van der Waals surface area (Å²) in [4.78, 5) is 26.3. The van der Waals surface area contributed by atoms with E-state index in [1.807, 2.05) is 19.1 Å². The first-order chi connectivity index (χ1) is 13.3. The van der Waals surface area contributed by atoms with Crippen LogP contribution in [-0.4, -0.2) is 47.5 Å². The van der Waals surface area contributed by atoms with E-state index in [1.54, 1.807) is 43.3 Å². The summed E-state index contributed by atoms with van der Waals surface area (Å²) < 4.78 is 9.95. The van der Waals surface area contributed by atoms with Crippen LogP contribution in [0.5, 0.6) is 5.75 Å². The number of carbonyl (C=O) groups excluding carboxylic acids is 2. The molecule has 0 aromatic heterocycles. The maximum atomic E-state index is 12.9. The van der Waals surface area contributed by atoms with Crippen molar-refractivity contribution < 1.29 is 29.3 Å². The Bertz CT molecular complexity index is 863. The molecule has 3 rings (SSSR count). The normalized spacial score (nSPS) is 22.4. The van der Waals surface area contributed by atoms with Gasteiger partial charge >= 0.3 is 5.97 Å². The Morgan fingerprint density at radius 3 is 2.32 bits per heavy atom. The third-order valence-corrected chi connectivity index (χ3v) is 4.91. The summed E-state index contributed by atoms with van der Waals surface area (Å²) in [7, 11) is 1.54. The van der Waals surface area contributed by atoms with Crippen LogP contribution >= 0.6 is 0 Å². The average molecular weight is 385 g/mol. The number of β-lactam (4-membered cyclic amide) rings is 1. The highest BCUT2D eigenvalue weighted by molar-refractivity contribution is 6.11. The van der Waals surface area contributed by atoms with E-state index in [9.17, 15) is 19.8 Å². The number of hydrogen-bond donors (Lipinski definition) is 2. The lowest BCUT2D eigenvalue weighted by atomic mass is 9.73. The third kappa shape index (κ3) is 3.12. The highest BCUT2D eigenvalue weighted by Crippen LogP contribution is 2.48. The summed E-state index contributed by atoms with van der Waals surface area (Å²) >= 11 is 0. The van der Waals surface area contributed by atoms with Gasteiger partial charge in [-0.25, -0.2) is 4.79 Å². The summed E-state index contributed by atoms with van der Waals surface area (Å²) in [5.41, 5.74) is -0.217. The van der Waals surface area contributed by atoms with Crippen LogP contribution in [0.2, 0.25) is 0 Å². The molecule has 7 nitrogen and oxygen atoms in total. The molecule has 1 aliphatic heterocycles. The lowest BCUT2D eigenvalue weighted by molar-refractivity contribution is -0.189. The minimum absolute atomic E-state index is 0.0254. The predicted octanol–water partition coefficient (Wildman–Crippen LogP) is 1.75. The highest BCUT2D eigenvalue weighted by Gasteiger charge is 2.67. The third-order valence-electron chi connectivity index (χ3n) is 4.91. The summed E-state index contributed by atoms with van der Waals surface area (Å²) in [6, 6.07) is 13.0. The van der Waals surface area contributed by atoms with Gasteiger partial charge in [-0.15, -0.1) is 0 Å². The number of hydrogen-bond acceptors (Lipinski definition) is 6. The minimum Gasteiger partial charge on any atom is -0.497 e. The summed E-state index contributed by atoms with van der Waals surface area (Å²) in [6.07, 6.45) is -2.00. The molecule has 1 fully saturated rings. The number of carbonyl (C=O) groups is 2. The average Bonchev–Trinajstić information content (AvgIpc) is 2.71. The van der Waals surface area contributed by atoms with Crippen molar-refractivity contribution in [2.24, 2.45) is 0 Å². The number of esters is 1. The molecule has 0 unspecified atom stereocenters. The van der Waals surface area contributed by atoms with E-state index in [1.165, 1.54) is 12.0 Å². The summed E-state index contributed by atoms with van der Waals surface area (Å²) in [6.45, 7) is 3.52. The van der Waals surface area contributed by atoms with Crippen molar-refractivity contribution in [3.63, 3.8) is 0 Å². The number of aliphatic hydroxyl groups excluding tert-OH is 1. The van der Waals surface area contributed by atoms with Gasteiger partial charge in [0.1, 0.15) is 11.8 Å². The van der Waals surface area contributed by atoms with Crippen molar-refractivity contribution in [1.29, 1.82) is 0 Å². The van der Waals surface area contributed by atoms with Gasteiger partial charge in [0.15, 0.2) is 6.10 Å². The zero-order chi connectivity index (χ0) is 20.5. The molecule has 0 saturated carbocycles. The SMILES string of the molecule is CCOC(=O)[C@H](O)[C@]1(O)C(=O)N(c2ccc(OC)cc2)[C@H]1c1ccc(C)cc1. The molecule has 1 aliphatic rings. The van der Waals surface area contributed by atoms with Gasteiger partial charge in [-0.1, -0.05) is 29.8 Å². The van der Waals surface area contributed by atoms with Crippen molar-refractivity contribution in [3.8, 4) is 5.75 Å². The molecule has 2 N–H and O–H groups in total. The Labute approximate surface area is 163 Å². The zero-order valence-electron chi connectivity index (χ0n) is 16.0. The predicted molar refractivity (Wildman–Crippen MR) is 102 cm³/mol. The second-order valence-electron chi connectivity index (χ2n) is 6.67. The van der Waals surface area contributed by atoms with Crippen molar-refractivity contribution in [3.05, 3.63) is 59.7 Å². The molecule has 1 heterocycles. The number of aliphatic hydroxyl groups is 2. The molecular weight excluding hydrogens is 362 g/mol. The highest BCUT2D eigenvalue weighted by atomic mass is 16.5. The Kier molecular flexibility index (Phi) is 5.40.